The number of sulfonamides is 1. The van der Waals surface area contributed by atoms with Crippen molar-refractivity contribution in [3.8, 4) is 5.75 Å². The predicted molar refractivity (Wildman–Crippen MR) is 84.7 cm³/mol. The summed E-state index contributed by atoms with van der Waals surface area (Å²) in [5, 5.41) is 10.9. The number of nitro groups is 1. The number of nitro benzene ring substituents is 1. The summed E-state index contributed by atoms with van der Waals surface area (Å²) in [4.78, 5) is 10.1. The fourth-order valence-electron chi connectivity index (χ4n) is 2.76. The summed E-state index contributed by atoms with van der Waals surface area (Å²) in [7, 11) is -2.54. The molecule has 2 unspecified atom stereocenters. The zero-order valence-corrected chi connectivity index (χ0v) is 14.0. The lowest BCUT2D eigenvalue weighted by molar-refractivity contribution is -0.385. The molecule has 0 spiro atoms. The molecule has 1 fully saturated rings. The van der Waals surface area contributed by atoms with Crippen LogP contribution in [0.2, 0.25) is 0 Å². The van der Waals surface area contributed by atoms with Crippen molar-refractivity contribution in [3.05, 3.63) is 28.3 Å². The van der Waals surface area contributed by atoms with Gasteiger partial charge in [-0.1, -0.05) is 6.92 Å². The average molecular weight is 343 g/mol. The second kappa shape index (κ2) is 6.81. The Morgan fingerprint density at radius 2 is 2.17 bits per heavy atom. The Morgan fingerprint density at radius 3 is 2.74 bits per heavy atom. The van der Waals surface area contributed by atoms with Gasteiger partial charge in [-0.25, -0.2) is 8.42 Å². The summed E-state index contributed by atoms with van der Waals surface area (Å²) in [6, 6.07) is 3.57. The molecule has 0 saturated carbocycles. The average Bonchev–Trinajstić information content (AvgIpc) is 2.54. The van der Waals surface area contributed by atoms with Gasteiger partial charge < -0.3 is 10.5 Å². The molecule has 1 aliphatic heterocycles. The van der Waals surface area contributed by atoms with Crippen LogP contribution in [0.1, 0.15) is 13.3 Å². The van der Waals surface area contributed by atoms with Crippen LogP contribution in [-0.2, 0) is 10.0 Å². The zero-order chi connectivity index (χ0) is 17.2. The minimum atomic E-state index is -3.88. The van der Waals surface area contributed by atoms with Gasteiger partial charge in [0, 0.05) is 25.2 Å². The topological polar surface area (TPSA) is 116 Å². The van der Waals surface area contributed by atoms with Crippen LogP contribution in [0.5, 0.6) is 5.75 Å². The maximum Gasteiger partial charge on any atom is 0.271 e. The van der Waals surface area contributed by atoms with E-state index in [1.807, 2.05) is 0 Å². The van der Waals surface area contributed by atoms with Gasteiger partial charge in [0.15, 0.2) is 0 Å². The fourth-order valence-corrected chi connectivity index (χ4v) is 4.45. The Morgan fingerprint density at radius 1 is 1.48 bits per heavy atom. The van der Waals surface area contributed by atoms with Gasteiger partial charge in [-0.3, -0.25) is 10.1 Å². The molecule has 2 N–H and O–H groups in total. The van der Waals surface area contributed by atoms with Crippen molar-refractivity contribution in [1.29, 1.82) is 0 Å². The summed E-state index contributed by atoms with van der Waals surface area (Å²) in [5.74, 6) is 0.514. The van der Waals surface area contributed by atoms with E-state index in [-0.39, 0.29) is 22.3 Å². The van der Waals surface area contributed by atoms with E-state index in [1.165, 1.54) is 23.5 Å². The van der Waals surface area contributed by atoms with E-state index in [1.54, 1.807) is 0 Å². The Bertz CT molecular complexity index is 692. The molecule has 1 aromatic rings. The molecule has 2 rings (SSSR count). The first-order valence-corrected chi connectivity index (χ1v) is 8.78. The third-order valence-electron chi connectivity index (χ3n) is 4.36. The standard InChI is InChI=1S/C14H21N3O5S/c1-10-5-6-16(9-11(10)8-15)23(20,21)14-7-12(17(18)19)3-4-13(14)22-2/h3-4,7,10-11H,5-6,8-9,15H2,1-2H3. The van der Waals surface area contributed by atoms with E-state index in [9.17, 15) is 18.5 Å². The first-order chi connectivity index (χ1) is 10.8. The quantitative estimate of drug-likeness (QED) is 0.634. The van der Waals surface area contributed by atoms with Crippen molar-refractivity contribution in [3.63, 3.8) is 0 Å². The van der Waals surface area contributed by atoms with E-state index in [4.69, 9.17) is 10.5 Å². The summed E-state index contributed by atoms with van der Waals surface area (Å²) in [6.07, 6.45) is 0.707. The van der Waals surface area contributed by atoms with Crippen molar-refractivity contribution < 1.29 is 18.1 Å². The molecule has 1 saturated heterocycles. The van der Waals surface area contributed by atoms with Crippen LogP contribution >= 0.6 is 0 Å². The van der Waals surface area contributed by atoms with E-state index in [2.05, 4.69) is 6.92 Å². The molecular weight excluding hydrogens is 322 g/mol. The number of ether oxygens (including phenoxy) is 1. The molecule has 23 heavy (non-hydrogen) atoms. The first kappa shape index (κ1) is 17.6. The smallest absolute Gasteiger partial charge is 0.271 e. The van der Waals surface area contributed by atoms with Crippen LogP contribution in [0, 0.1) is 22.0 Å². The Labute approximate surface area is 135 Å². The number of methoxy groups -OCH3 is 1. The second-order valence-corrected chi connectivity index (χ2v) is 7.62. The van der Waals surface area contributed by atoms with E-state index in [0.717, 1.165) is 6.07 Å². The number of benzene rings is 1. The van der Waals surface area contributed by atoms with Crippen LogP contribution in [0.3, 0.4) is 0 Å². The van der Waals surface area contributed by atoms with Crippen molar-refractivity contribution in [2.45, 2.75) is 18.2 Å². The number of non-ortho nitro benzene ring substituents is 1. The fraction of sp³-hybridized carbons (Fsp3) is 0.571. The lowest BCUT2D eigenvalue weighted by Gasteiger charge is -2.35. The van der Waals surface area contributed by atoms with Gasteiger partial charge >= 0.3 is 0 Å². The second-order valence-electron chi connectivity index (χ2n) is 5.72. The molecule has 1 heterocycles. The van der Waals surface area contributed by atoms with Gasteiger partial charge in [0.25, 0.3) is 5.69 Å². The molecule has 0 aromatic heterocycles. The third-order valence-corrected chi connectivity index (χ3v) is 6.24. The van der Waals surface area contributed by atoms with Gasteiger partial charge in [-0.05, 0) is 30.9 Å². The SMILES string of the molecule is COc1ccc([N+](=O)[O-])cc1S(=O)(=O)N1CCC(C)C(CN)C1. The van der Waals surface area contributed by atoms with Gasteiger partial charge in [-0.2, -0.15) is 4.31 Å². The lowest BCUT2D eigenvalue weighted by atomic mass is 9.88. The molecule has 0 aliphatic carbocycles. The van der Waals surface area contributed by atoms with Gasteiger partial charge in [0.1, 0.15) is 10.6 Å². The highest BCUT2D eigenvalue weighted by atomic mass is 32.2. The monoisotopic (exact) mass is 343 g/mol. The minimum Gasteiger partial charge on any atom is -0.495 e. The summed E-state index contributed by atoms with van der Waals surface area (Å²) >= 11 is 0. The number of piperidine rings is 1. The van der Waals surface area contributed by atoms with Crippen LogP contribution in [0.25, 0.3) is 0 Å². The molecular formula is C14H21N3O5S. The van der Waals surface area contributed by atoms with Crippen molar-refractivity contribution in [2.24, 2.45) is 17.6 Å². The number of hydrogen-bond donors (Lipinski definition) is 1. The Kier molecular flexibility index (Phi) is 5.23. The van der Waals surface area contributed by atoms with Crippen molar-refractivity contribution >= 4 is 15.7 Å². The van der Waals surface area contributed by atoms with Crippen molar-refractivity contribution in [2.75, 3.05) is 26.7 Å². The summed E-state index contributed by atoms with van der Waals surface area (Å²) in [6.45, 7) is 3.13. The van der Waals surface area contributed by atoms with Gasteiger partial charge in [0.2, 0.25) is 10.0 Å². The molecule has 0 radical (unpaired) electrons. The molecule has 9 heteroatoms. The maximum absolute atomic E-state index is 12.9. The molecule has 0 bridgehead atoms. The van der Waals surface area contributed by atoms with Crippen LogP contribution in [-0.4, -0.2) is 44.4 Å². The van der Waals surface area contributed by atoms with Crippen molar-refractivity contribution in [1.82, 2.24) is 4.31 Å². The van der Waals surface area contributed by atoms with Crippen LogP contribution in [0.15, 0.2) is 23.1 Å². The molecule has 2 atom stereocenters. The van der Waals surface area contributed by atoms with E-state index in [0.29, 0.717) is 32.0 Å². The Balaban J connectivity index is 2.42. The predicted octanol–water partition coefficient (Wildman–Crippen LogP) is 1.21. The highest BCUT2D eigenvalue weighted by Crippen LogP contribution is 2.33. The normalized spacial score (nSPS) is 22.7. The van der Waals surface area contributed by atoms with Crippen LogP contribution < -0.4 is 10.5 Å². The molecule has 128 valence electrons. The highest BCUT2D eigenvalue weighted by molar-refractivity contribution is 7.89. The third kappa shape index (κ3) is 3.46. The largest absolute Gasteiger partial charge is 0.495 e. The van der Waals surface area contributed by atoms with Crippen LogP contribution in [0.4, 0.5) is 5.69 Å². The number of nitrogens with two attached hydrogens (primary N) is 1. The molecule has 0 amide bonds. The number of nitrogens with zero attached hydrogens (tertiary/aromatic N) is 2. The summed E-state index contributed by atoms with van der Waals surface area (Å²) in [5.41, 5.74) is 5.44. The number of rotatable bonds is 5. The summed E-state index contributed by atoms with van der Waals surface area (Å²) < 4.78 is 32.2. The highest BCUT2D eigenvalue weighted by Gasteiger charge is 2.35. The van der Waals surface area contributed by atoms with E-state index >= 15 is 0 Å². The van der Waals surface area contributed by atoms with Gasteiger partial charge in [-0.15, -0.1) is 0 Å². The van der Waals surface area contributed by atoms with Gasteiger partial charge in [0.05, 0.1) is 12.0 Å². The Hall–Kier alpha value is -1.71. The lowest BCUT2D eigenvalue weighted by Crippen LogP contribution is -2.45. The minimum absolute atomic E-state index is 0.0724. The maximum atomic E-state index is 12.9. The molecule has 1 aromatic carbocycles. The number of hydrogen-bond acceptors (Lipinski definition) is 6. The molecule has 8 nitrogen and oxygen atoms in total. The first-order valence-electron chi connectivity index (χ1n) is 7.34. The zero-order valence-electron chi connectivity index (χ0n) is 13.1. The molecule has 1 aliphatic rings. The van der Waals surface area contributed by atoms with E-state index < -0.39 is 14.9 Å².